The normalized spacial score (nSPS) is 32.4. The van der Waals surface area contributed by atoms with Gasteiger partial charge in [-0.3, -0.25) is 0 Å². The van der Waals surface area contributed by atoms with Gasteiger partial charge in [0.15, 0.2) is 0 Å². The summed E-state index contributed by atoms with van der Waals surface area (Å²) in [7, 11) is -1.04. The summed E-state index contributed by atoms with van der Waals surface area (Å²) in [6.45, 7) is 7.08. The van der Waals surface area contributed by atoms with E-state index in [4.69, 9.17) is 0 Å². The number of aliphatic hydroxyl groups excluding tert-OH is 1. The topological polar surface area (TPSA) is 20.2 Å². The highest BCUT2D eigenvalue weighted by Crippen LogP contribution is 2.32. The highest BCUT2D eigenvalue weighted by Gasteiger charge is 2.28. The van der Waals surface area contributed by atoms with Gasteiger partial charge in [0.25, 0.3) is 0 Å². The minimum atomic E-state index is -1.04. The van der Waals surface area contributed by atoms with E-state index >= 15 is 0 Å². The van der Waals surface area contributed by atoms with Crippen molar-refractivity contribution in [1.82, 2.24) is 0 Å². The maximum Gasteiger partial charge on any atom is 0.0577 e. The molecule has 0 unspecified atom stereocenters. The van der Waals surface area contributed by atoms with Crippen LogP contribution in [-0.2, 0) is 0 Å². The molecule has 0 bridgehead atoms. The van der Waals surface area contributed by atoms with Gasteiger partial charge >= 0.3 is 0 Å². The van der Waals surface area contributed by atoms with Gasteiger partial charge in [0.05, 0.1) is 14.2 Å². The van der Waals surface area contributed by atoms with Gasteiger partial charge in [-0.1, -0.05) is 31.8 Å². The molecule has 1 rings (SSSR count). The summed E-state index contributed by atoms with van der Waals surface area (Å²) >= 11 is 0. The Balaban J connectivity index is 2.60. The van der Waals surface area contributed by atoms with E-state index in [1.165, 1.54) is 0 Å². The van der Waals surface area contributed by atoms with Crippen LogP contribution in [0.1, 0.15) is 12.8 Å². The Morgan fingerprint density at radius 2 is 2.00 bits per heavy atom. The molecule has 1 N–H and O–H groups in total. The summed E-state index contributed by atoms with van der Waals surface area (Å²) in [6, 6.07) is 0. The Morgan fingerprint density at radius 1 is 1.36 bits per heavy atom. The minimum Gasteiger partial charge on any atom is -0.393 e. The molecule has 1 aliphatic rings. The molecule has 0 saturated heterocycles. The zero-order valence-electron chi connectivity index (χ0n) is 7.67. The summed E-state index contributed by atoms with van der Waals surface area (Å²) < 4.78 is 0. The van der Waals surface area contributed by atoms with Gasteiger partial charge < -0.3 is 5.11 Å². The lowest BCUT2D eigenvalue weighted by atomic mass is 10.0. The van der Waals surface area contributed by atoms with Crippen molar-refractivity contribution in [2.24, 2.45) is 0 Å². The molecule has 0 heterocycles. The summed E-state index contributed by atoms with van der Waals surface area (Å²) in [6.07, 6.45) is 6.22. The molecular weight excluding hydrogens is 152 g/mol. The third-order valence-corrected chi connectivity index (χ3v) is 5.07. The molecule has 0 radical (unpaired) electrons. The third kappa shape index (κ3) is 2.45. The Morgan fingerprint density at radius 3 is 2.36 bits per heavy atom. The molecule has 1 aliphatic carbocycles. The fourth-order valence-corrected chi connectivity index (χ4v) is 3.20. The number of rotatable bonds is 1. The van der Waals surface area contributed by atoms with E-state index in [2.05, 4.69) is 31.8 Å². The minimum absolute atomic E-state index is 0.0725. The highest BCUT2D eigenvalue weighted by molar-refractivity contribution is 6.78. The van der Waals surface area contributed by atoms with Crippen LogP contribution in [-0.4, -0.2) is 19.3 Å². The predicted molar refractivity (Wildman–Crippen MR) is 51.5 cm³/mol. The lowest BCUT2D eigenvalue weighted by Crippen LogP contribution is -2.31. The first kappa shape index (κ1) is 9.01. The van der Waals surface area contributed by atoms with Crippen molar-refractivity contribution >= 4 is 8.07 Å². The summed E-state index contributed by atoms with van der Waals surface area (Å²) in [4.78, 5) is 0. The van der Waals surface area contributed by atoms with Crippen molar-refractivity contribution < 1.29 is 5.11 Å². The summed E-state index contributed by atoms with van der Waals surface area (Å²) in [5.41, 5.74) is 0.686. The molecule has 0 amide bonds. The quantitative estimate of drug-likeness (QED) is 0.473. The lowest BCUT2D eigenvalue weighted by Gasteiger charge is -2.30. The van der Waals surface area contributed by atoms with Crippen molar-refractivity contribution in [2.45, 2.75) is 44.1 Å². The first-order valence-corrected chi connectivity index (χ1v) is 7.92. The number of hydrogen-bond donors (Lipinski definition) is 1. The molecule has 64 valence electrons. The largest absolute Gasteiger partial charge is 0.393 e. The van der Waals surface area contributed by atoms with Crippen molar-refractivity contribution in [3.8, 4) is 0 Å². The number of allylic oxidation sites excluding steroid dienone is 1. The fourth-order valence-electron chi connectivity index (χ4n) is 1.51. The van der Waals surface area contributed by atoms with Gasteiger partial charge in [0, 0.05) is 0 Å². The second-order valence-corrected chi connectivity index (χ2v) is 10.00. The Bertz CT molecular complexity index is 157. The van der Waals surface area contributed by atoms with Crippen molar-refractivity contribution in [1.29, 1.82) is 0 Å². The van der Waals surface area contributed by atoms with E-state index in [1.54, 1.807) is 0 Å². The molecule has 0 aliphatic heterocycles. The Hall–Kier alpha value is -0.0831. The molecule has 0 fully saturated rings. The van der Waals surface area contributed by atoms with Gasteiger partial charge in [-0.25, -0.2) is 0 Å². The monoisotopic (exact) mass is 170 g/mol. The van der Waals surface area contributed by atoms with Gasteiger partial charge in [-0.2, -0.15) is 0 Å². The number of hydrogen-bond acceptors (Lipinski definition) is 1. The van der Waals surface area contributed by atoms with E-state index in [0.29, 0.717) is 5.54 Å². The van der Waals surface area contributed by atoms with E-state index in [-0.39, 0.29) is 6.10 Å². The van der Waals surface area contributed by atoms with Crippen LogP contribution < -0.4 is 0 Å². The van der Waals surface area contributed by atoms with E-state index < -0.39 is 8.07 Å². The zero-order chi connectivity index (χ0) is 8.48. The smallest absolute Gasteiger partial charge is 0.0577 e. The predicted octanol–water partition coefficient (Wildman–Crippen LogP) is 2.41. The SMILES string of the molecule is C[Si](C)(C)[C@H]1C=CC[C@@H](O)C1. The van der Waals surface area contributed by atoms with Crippen LogP contribution in [0.5, 0.6) is 0 Å². The molecular formula is C9H18OSi. The maximum atomic E-state index is 9.41. The van der Waals surface area contributed by atoms with E-state index in [9.17, 15) is 5.11 Å². The third-order valence-electron chi connectivity index (χ3n) is 2.41. The molecule has 0 saturated carbocycles. The molecule has 2 heteroatoms. The molecule has 2 atom stereocenters. The van der Waals surface area contributed by atoms with Crippen LogP contribution in [0.2, 0.25) is 25.2 Å². The van der Waals surface area contributed by atoms with Crippen molar-refractivity contribution in [3.63, 3.8) is 0 Å². The molecule has 0 spiro atoms. The van der Waals surface area contributed by atoms with Gasteiger partial charge in [-0.15, -0.1) is 0 Å². The highest BCUT2D eigenvalue weighted by atomic mass is 28.3. The number of aliphatic hydroxyl groups is 1. The lowest BCUT2D eigenvalue weighted by molar-refractivity contribution is 0.163. The van der Waals surface area contributed by atoms with Crippen molar-refractivity contribution in [3.05, 3.63) is 12.2 Å². The van der Waals surface area contributed by atoms with Crippen LogP contribution in [0, 0.1) is 0 Å². The van der Waals surface area contributed by atoms with Gasteiger partial charge in [0.2, 0.25) is 0 Å². The van der Waals surface area contributed by atoms with Crippen LogP contribution in [0.25, 0.3) is 0 Å². The fraction of sp³-hybridized carbons (Fsp3) is 0.778. The van der Waals surface area contributed by atoms with E-state index in [1.807, 2.05) is 0 Å². The Kier molecular flexibility index (Phi) is 2.55. The van der Waals surface area contributed by atoms with Crippen LogP contribution in [0.15, 0.2) is 12.2 Å². The maximum absolute atomic E-state index is 9.41. The molecule has 11 heavy (non-hydrogen) atoms. The van der Waals surface area contributed by atoms with Crippen LogP contribution >= 0.6 is 0 Å². The standard InChI is InChI=1S/C9H18OSi/c1-11(2,3)9-6-4-5-8(10)7-9/h4,6,8-10H,5,7H2,1-3H3/t8-,9+/m1/s1. The average molecular weight is 170 g/mol. The van der Waals surface area contributed by atoms with E-state index in [0.717, 1.165) is 12.8 Å². The van der Waals surface area contributed by atoms with Crippen LogP contribution in [0.3, 0.4) is 0 Å². The summed E-state index contributed by atoms with van der Waals surface area (Å²) in [5.74, 6) is 0. The molecule has 0 aromatic rings. The first-order chi connectivity index (χ1) is 5.00. The molecule has 0 aromatic heterocycles. The second-order valence-electron chi connectivity index (χ2n) is 4.53. The van der Waals surface area contributed by atoms with Crippen LogP contribution in [0.4, 0.5) is 0 Å². The summed E-state index contributed by atoms with van der Waals surface area (Å²) in [5, 5.41) is 9.41. The second kappa shape index (κ2) is 3.11. The molecule has 0 aromatic carbocycles. The first-order valence-electron chi connectivity index (χ1n) is 4.35. The Labute approximate surface area is 70.1 Å². The van der Waals surface area contributed by atoms with Gasteiger partial charge in [0.1, 0.15) is 0 Å². The average Bonchev–Trinajstić information content (AvgIpc) is 1.86. The van der Waals surface area contributed by atoms with Gasteiger partial charge in [-0.05, 0) is 18.4 Å². The zero-order valence-corrected chi connectivity index (χ0v) is 8.67. The van der Waals surface area contributed by atoms with Crippen molar-refractivity contribution in [2.75, 3.05) is 0 Å². The molecule has 1 nitrogen and oxygen atoms in total.